The van der Waals surface area contributed by atoms with Crippen LogP contribution in [-0.2, 0) is 10.0 Å². The minimum absolute atomic E-state index is 0.213. The maximum absolute atomic E-state index is 12.6. The summed E-state index contributed by atoms with van der Waals surface area (Å²) in [6.45, 7) is 3.52. The van der Waals surface area contributed by atoms with Gasteiger partial charge in [-0.15, -0.1) is 21.5 Å². The lowest BCUT2D eigenvalue weighted by Crippen LogP contribution is -2.29. The fraction of sp³-hybridized carbons (Fsp3) is 0.200. The van der Waals surface area contributed by atoms with Gasteiger partial charge >= 0.3 is 0 Å². The molecule has 1 N–H and O–H groups in total. The van der Waals surface area contributed by atoms with Gasteiger partial charge in [0.05, 0.1) is 0 Å². The third-order valence-corrected chi connectivity index (χ3v) is 6.09. The Bertz CT molecular complexity index is 901. The molecule has 23 heavy (non-hydrogen) atoms. The first-order valence-corrected chi connectivity index (χ1v) is 9.19. The molecule has 2 heterocycles. The van der Waals surface area contributed by atoms with Gasteiger partial charge in [0.2, 0.25) is 11.8 Å². The molecule has 120 valence electrons. The highest BCUT2D eigenvalue weighted by Crippen LogP contribution is 2.26. The monoisotopic (exact) mass is 349 g/mol. The first-order valence-electron chi connectivity index (χ1n) is 6.89. The second-order valence-corrected chi connectivity index (χ2v) is 8.22. The number of aryl methyl sites for hydroxylation is 2. The third kappa shape index (κ3) is 3.49. The fourth-order valence-corrected chi connectivity index (χ4v) is 4.58. The van der Waals surface area contributed by atoms with Crippen molar-refractivity contribution < 1.29 is 12.8 Å². The number of hydrogen-bond donors (Lipinski definition) is 1. The van der Waals surface area contributed by atoms with Gasteiger partial charge in [-0.05, 0) is 24.6 Å². The van der Waals surface area contributed by atoms with Gasteiger partial charge in [-0.1, -0.05) is 30.3 Å². The van der Waals surface area contributed by atoms with Crippen molar-refractivity contribution in [3.8, 4) is 0 Å². The Morgan fingerprint density at radius 1 is 1.09 bits per heavy atom. The van der Waals surface area contributed by atoms with E-state index >= 15 is 0 Å². The van der Waals surface area contributed by atoms with Crippen LogP contribution in [0.4, 0.5) is 0 Å². The van der Waals surface area contributed by atoms with Gasteiger partial charge < -0.3 is 4.42 Å². The fourth-order valence-electron chi connectivity index (χ4n) is 2.10. The van der Waals surface area contributed by atoms with Crippen LogP contribution >= 0.6 is 11.3 Å². The van der Waals surface area contributed by atoms with Crippen LogP contribution in [0, 0.1) is 13.8 Å². The van der Waals surface area contributed by atoms with Crippen LogP contribution in [0.5, 0.6) is 0 Å². The zero-order valence-corrected chi connectivity index (χ0v) is 14.2. The molecule has 8 heteroatoms. The summed E-state index contributed by atoms with van der Waals surface area (Å²) in [6.07, 6.45) is 0. The van der Waals surface area contributed by atoms with Crippen LogP contribution in [-0.4, -0.2) is 18.6 Å². The van der Waals surface area contributed by atoms with Crippen molar-refractivity contribution >= 4 is 21.4 Å². The minimum atomic E-state index is -3.68. The van der Waals surface area contributed by atoms with Crippen molar-refractivity contribution in [3.05, 3.63) is 64.7 Å². The van der Waals surface area contributed by atoms with Crippen molar-refractivity contribution in [1.29, 1.82) is 0 Å². The van der Waals surface area contributed by atoms with Crippen molar-refractivity contribution in [2.24, 2.45) is 0 Å². The van der Waals surface area contributed by atoms with E-state index in [1.807, 2.05) is 37.3 Å². The summed E-state index contributed by atoms with van der Waals surface area (Å²) in [4.78, 5) is 0.926. The number of rotatable bonds is 5. The summed E-state index contributed by atoms with van der Waals surface area (Å²) in [6, 6.07) is 11.8. The molecule has 0 bridgehead atoms. The molecule has 1 unspecified atom stereocenters. The number of sulfonamides is 1. The van der Waals surface area contributed by atoms with E-state index in [1.54, 1.807) is 19.1 Å². The van der Waals surface area contributed by atoms with E-state index in [-0.39, 0.29) is 10.1 Å². The molecular formula is C15H15N3O3S2. The van der Waals surface area contributed by atoms with Crippen LogP contribution in [0.1, 0.15) is 28.3 Å². The lowest BCUT2D eigenvalue weighted by atomic mass is 10.1. The highest BCUT2D eigenvalue weighted by atomic mass is 32.2. The molecular weight excluding hydrogens is 334 g/mol. The Labute approximate surface area is 138 Å². The van der Waals surface area contributed by atoms with Crippen molar-refractivity contribution in [2.75, 3.05) is 0 Å². The summed E-state index contributed by atoms with van der Waals surface area (Å²) in [5, 5.41) is 7.76. The second kappa shape index (κ2) is 6.23. The number of thiophene rings is 1. The molecule has 2 aromatic heterocycles. The molecule has 3 rings (SSSR count). The normalized spacial score (nSPS) is 13.1. The maximum atomic E-state index is 12.6. The van der Waals surface area contributed by atoms with Crippen molar-refractivity contribution in [1.82, 2.24) is 14.9 Å². The highest BCUT2D eigenvalue weighted by Gasteiger charge is 2.27. The van der Waals surface area contributed by atoms with E-state index in [0.717, 1.165) is 10.4 Å². The van der Waals surface area contributed by atoms with Crippen molar-refractivity contribution in [2.45, 2.75) is 24.1 Å². The summed E-state index contributed by atoms with van der Waals surface area (Å²) in [5.74, 6) is 0.595. The number of hydrogen-bond acceptors (Lipinski definition) is 6. The van der Waals surface area contributed by atoms with Gasteiger partial charge in [0.15, 0.2) is 0 Å². The van der Waals surface area contributed by atoms with Gasteiger partial charge in [0, 0.05) is 11.8 Å². The minimum Gasteiger partial charge on any atom is -0.423 e. The Morgan fingerprint density at radius 2 is 1.83 bits per heavy atom. The van der Waals surface area contributed by atoms with E-state index in [0.29, 0.717) is 5.89 Å². The molecule has 1 aromatic carbocycles. The van der Waals surface area contributed by atoms with Gasteiger partial charge in [-0.2, -0.15) is 4.72 Å². The van der Waals surface area contributed by atoms with Gasteiger partial charge in [0.1, 0.15) is 10.3 Å². The number of nitrogens with zero attached hydrogens (tertiary/aromatic N) is 2. The first-order chi connectivity index (χ1) is 11.0. The van der Waals surface area contributed by atoms with Crippen LogP contribution in [0.25, 0.3) is 0 Å². The van der Waals surface area contributed by atoms with E-state index in [1.165, 1.54) is 11.3 Å². The summed E-state index contributed by atoms with van der Waals surface area (Å²) < 4.78 is 33.6. The van der Waals surface area contributed by atoms with Gasteiger partial charge in [-0.3, -0.25) is 0 Å². The molecule has 0 amide bonds. The Hall–Kier alpha value is -2.03. The number of nitrogens with one attached hydrogen (secondary N) is 1. The molecule has 0 aliphatic rings. The lowest BCUT2D eigenvalue weighted by molar-refractivity contribution is 0.437. The summed E-state index contributed by atoms with van der Waals surface area (Å²) in [5.41, 5.74) is 0.730. The van der Waals surface area contributed by atoms with Crippen LogP contribution < -0.4 is 4.72 Å². The maximum Gasteiger partial charge on any atom is 0.251 e. The molecule has 6 nitrogen and oxygen atoms in total. The Morgan fingerprint density at radius 3 is 2.39 bits per heavy atom. The smallest absolute Gasteiger partial charge is 0.251 e. The van der Waals surface area contributed by atoms with E-state index in [9.17, 15) is 8.42 Å². The van der Waals surface area contributed by atoms with E-state index in [2.05, 4.69) is 14.9 Å². The molecule has 3 aromatic rings. The molecule has 0 saturated heterocycles. The van der Waals surface area contributed by atoms with E-state index < -0.39 is 16.1 Å². The third-order valence-electron chi connectivity index (χ3n) is 3.18. The first kappa shape index (κ1) is 15.9. The zero-order valence-electron chi connectivity index (χ0n) is 12.6. The summed E-state index contributed by atoms with van der Waals surface area (Å²) in [7, 11) is -3.68. The van der Waals surface area contributed by atoms with Crippen LogP contribution in [0.15, 0.2) is 51.1 Å². The lowest BCUT2D eigenvalue weighted by Gasteiger charge is -2.15. The molecule has 0 aliphatic heterocycles. The molecule has 0 radical (unpaired) electrons. The molecule has 1 atom stereocenters. The largest absolute Gasteiger partial charge is 0.423 e. The van der Waals surface area contributed by atoms with E-state index in [4.69, 9.17) is 4.42 Å². The predicted molar refractivity (Wildman–Crippen MR) is 86.7 cm³/mol. The molecule has 0 saturated carbocycles. The quantitative estimate of drug-likeness (QED) is 0.765. The number of benzene rings is 1. The van der Waals surface area contributed by atoms with Crippen molar-refractivity contribution in [3.63, 3.8) is 0 Å². The van der Waals surface area contributed by atoms with Gasteiger partial charge in [0.25, 0.3) is 10.0 Å². The Kier molecular flexibility index (Phi) is 4.29. The predicted octanol–water partition coefficient (Wildman–Crippen LogP) is 2.82. The molecule has 0 spiro atoms. The zero-order chi connectivity index (χ0) is 16.4. The average molecular weight is 349 g/mol. The second-order valence-electron chi connectivity index (χ2n) is 4.99. The average Bonchev–Trinajstić information content (AvgIpc) is 3.15. The van der Waals surface area contributed by atoms with Gasteiger partial charge in [-0.25, -0.2) is 8.42 Å². The SMILES string of the molecule is Cc1nnc(C(NS(=O)(=O)c2ccc(C)s2)c2ccccc2)o1. The molecule has 0 aliphatic carbocycles. The van der Waals surface area contributed by atoms with Crippen LogP contribution in [0.3, 0.4) is 0 Å². The topological polar surface area (TPSA) is 85.1 Å². The standard InChI is InChI=1S/C15H15N3O3S2/c1-10-8-9-13(22-10)23(19,20)18-14(12-6-4-3-5-7-12)15-17-16-11(2)21-15/h3-9,14,18H,1-2H3. The van der Waals surface area contributed by atoms with Crippen LogP contribution in [0.2, 0.25) is 0 Å². The molecule has 0 fully saturated rings. The summed E-state index contributed by atoms with van der Waals surface area (Å²) >= 11 is 1.22. The number of aromatic nitrogens is 2. The highest BCUT2D eigenvalue weighted by molar-refractivity contribution is 7.91. The Balaban J connectivity index is 1.99.